The number of aromatic nitrogens is 4. The second-order valence-electron chi connectivity index (χ2n) is 6.75. The highest BCUT2D eigenvalue weighted by molar-refractivity contribution is 7.16. The lowest BCUT2D eigenvalue weighted by molar-refractivity contribution is 0.304. The first kappa shape index (κ1) is 15.8. The maximum absolute atomic E-state index is 5.85. The van der Waals surface area contributed by atoms with Gasteiger partial charge in [-0.05, 0) is 35.2 Å². The lowest BCUT2D eigenvalue weighted by Gasteiger charge is -2.19. The molecule has 0 saturated carbocycles. The Bertz CT molecular complexity index is 979. The van der Waals surface area contributed by atoms with Gasteiger partial charge in [-0.25, -0.2) is 0 Å². The van der Waals surface area contributed by atoms with Gasteiger partial charge in [0.1, 0.15) is 12.4 Å². The summed E-state index contributed by atoms with van der Waals surface area (Å²) in [6.45, 7) is 6.97. The zero-order chi connectivity index (χ0) is 17.4. The van der Waals surface area contributed by atoms with Gasteiger partial charge in [0.25, 0.3) is 0 Å². The van der Waals surface area contributed by atoms with Crippen LogP contribution in [0, 0.1) is 0 Å². The van der Waals surface area contributed by atoms with Gasteiger partial charge < -0.3 is 9.15 Å². The summed E-state index contributed by atoms with van der Waals surface area (Å²) in [7, 11) is 0. The van der Waals surface area contributed by atoms with Crippen LogP contribution in [0.1, 0.15) is 31.3 Å². The predicted molar refractivity (Wildman–Crippen MR) is 95.8 cm³/mol. The van der Waals surface area contributed by atoms with E-state index in [0.717, 1.165) is 10.8 Å². The smallest absolute Gasteiger partial charge is 0.235 e. The second kappa shape index (κ2) is 6.00. The topological polar surface area (TPSA) is 65.5 Å². The van der Waals surface area contributed by atoms with Crippen LogP contribution < -0.4 is 4.74 Å². The van der Waals surface area contributed by atoms with Crippen molar-refractivity contribution in [2.45, 2.75) is 32.8 Å². The van der Waals surface area contributed by atoms with Crippen LogP contribution in [-0.2, 0) is 12.0 Å². The first-order valence-corrected chi connectivity index (χ1v) is 8.81. The summed E-state index contributed by atoms with van der Waals surface area (Å²) < 4.78 is 12.9. The number of nitrogens with zero attached hydrogens (tertiary/aromatic N) is 4. The predicted octanol–water partition coefficient (Wildman–Crippen LogP) is 4.32. The van der Waals surface area contributed by atoms with Crippen molar-refractivity contribution in [1.29, 1.82) is 0 Å². The Morgan fingerprint density at radius 2 is 1.92 bits per heavy atom. The molecule has 0 bridgehead atoms. The fourth-order valence-electron chi connectivity index (χ4n) is 2.47. The Labute approximate surface area is 149 Å². The first-order valence-electron chi connectivity index (χ1n) is 7.99. The van der Waals surface area contributed by atoms with Gasteiger partial charge in [-0.3, -0.25) is 0 Å². The van der Waals surface area contributed by atoms with Gasteiger partial charge in [0.05, 0.1) is 6.26 Å². The van der Waals surface area contributed by atoms with E-state index in [1.165, 1.54) is 16.9 Å². The summed E-state index contributed by atoms with van der Waals surface area (Å²) in [6, 6.07) is 11.8. The molecular weight excluding hydrogens is 336 g/mol. The van der Waals surface area contributed by atoms with Gasteiger partial charge in [-0.2, -0.15) is 9.61 Å². The van der Waals surface area contributed by atoms with Crippen molar-refractivity contribution in [3.05, 3.63) is 53.2 Å². The summed E-state index contributed by atoms with van der Waals surface area (Å²) in [5.74, 6) is 2.06. The van der Waals surface area contributed by atoms with E-state index in [1.807, 2.05) is 24.3 Å². The molecule has 0 N–H and O–H groups in total. The molecule has 0 atom stereocenters. The molecule has 1 aromatic carbocycles. The van der Waals surface area contributed by atoms with Gasteiger partial charge in [0.15, 0.2) is 10.8 Å². The van der Waals surface area contributed by atoms with Crippen molar-refractivity contribution in [2.24, 2.45) is 0 Å². The van der Waals surface area contributed by atoms with Crippen LogP contribution in [0.4, 0.5) is 0 Å². The number of ether oxygens (including phenoxy) is 1. The zero-order valence-corrected chi connectivity index (χ0v) is 15.1. The Balaban J connectivity index is 1.50. The van der Waals surface area contributed by atoms with Gasteiger partial charge in [-0.1, -0.05) is 44.2 Å². The van der Waals surface area contributed by atoms with Crippen LogP contribution in [0.15, 0.2) is 47.1 Å². The van der Waals surface area contributed by atoms with E-state index in [9.17, 15) is 0 Å². The number of hydrogen-bond donors (Lipinski definition) is 0. The molecule has 3 heterocycles. The number of benzene rings is 1. The van der Waals surface area contributed by atoms with Crippen molar-refractivity contribution >= 4 is 16.3 Å². The SMILES string of the molecule is CC(C)(C)c1ccc(OCc2nn3c(-c4ccco4)nnc3s2)cc1. The van der Waals surface area contributed by atoms with Crippen LogP contribution >= 0.6 is 11.3 Å². The molecule has 0 spiro atoms. The van der Waals surface area contributed by atoms with Crippen LogP contribution in [0.3, 0.4) is 0 Å². The molecule has 3 aromatic heterocycles. The average molecular weight is 354 g/mol. The van der Waals surface area contributed by atoms with E-state index in [2.05, 4.69) is 48.2 Å². The second-order valence-corrected chi connectivity index (χ2v) is 7.79. The fraction of sp³-hybridized carbons (Fsp3) is 0.278. The van der Waals surface area contributed by atoms with Crippen molar-refractivity contribution in [1.82, 2.24) is 19.8 Å². The summed E-state index contributed by atoms with van der Waals surface area (Å²) >= 11 is 1.45. The minimum absolute atomic E-state index is 0.133. The fourth-order valence-corrected chi connectivity index (χ4v) is 3.22. The maximum atomic E-state index is 5.85. The summed E-state index contributed by atoms with van der Waals surface area (Å²) in [5, 5.41) is 13.6. The minimum Gasteiger partial charge on any atom is -0.486 e. The van der Waals surface area contributed by atoms with Crippen LogP contribution in [-0.4, -0.2) is 19.8 Å². The standard InChI is InChI=1S/C18H18N4O2S/c1-18(2,3)12-6-8-13(9-7-12)24-11-15-21-22-16(14-5-4-10-23-14)19-20-17(22)25-15/h4-10H,11H2,1-3H3. The average Bonchev–Trinajstić information content (AvgIpc) is 3.29. The van der Waals surface area contributed by atoms with Gasteiger partial charge in [-0.15, -0.1) is 10.2 Å². The molecule has 0 radical (unpaired) electrons. The maximum Gasteiger partial charge on any atom is 0.235 e. The van der Waals surface area contributed by atoms with Crippen molar-refractivity contribution in [2.75, 3.05) is 0 Å². The lowest BCUT2D eigenvalue weighted by atomic mass is 9.87. The van der Waals surface area contributed by atoms with E-state index in [4.69, 9.17) is 9.15 Å². The molecule has 0 aliphatic heterocycles. The third-order valence-corrected chi connectivity index (χ3v) is 4.73. The van der Waals surface area contributed by atoms with E-state index in [1.54, 1.807) is 10.8 Å². The Hall–Kier alpha value is -2.67. The number of hydrogen-bond acceptors (Lipinski definition) is 6. The zero-order valence-electron chi connectivity index (χ0n) is 14.3. The van der Waals surface area contributed by atoms with Crippen molar-refractivity contribution in [3.63, 3.8) is 0 Å². The number of fused-ring (bicyclic) bond motifs is 1. The molecule has 4 aromatic rings. The summed E-state index contributed by atoms with van der Waals surface area (Å²) in [6.07, 6.45) is 1.61. The molecule has 0 saturated heterocycles. The van der Waals surface area contributed by atoms with E-state index in [0.29, 0.717) is 23.2 Å². The molecule has 4 rings (SSSR count). The molecule has 0 fully saturated rings. The van der Waals surface area contributed by atoms with Crippen LogP contribution in [0.25, 0.3) is 16.5 Å². The number of rotatable bonds is 4. The lowest BCUT2D eigenvalue weighted by Crippen LogP contribution is -2.10. The van der Waals surface area contributed by atoms with Crippen molar-refractivity contribution in [3.8, 4) is 17.3 Å². The molecule has 7 heteroatoms. The number of furan rings is 1. The third kappa shape index (κ3) is 3.15. The van der Waals surface area contributed by atoms with Crippen LogP contribution in [0.5, 0.6) is 5.75 Å². The molecule has 25 heavy (non-hydrogen) atoms. The van der Waals surface area contributed by atoms with Gasteiger partial charge in [0.2, 0.25) is 10.8 Å². The highest BCUT2D eigenvalue weighted by Crippen LogP contribution is 2.26. The van der Waals surface area contributed by atoms with E-state index >= 15 is 0 Å². The quantitative estimate of drug-likeness (QED) is 0.546. The molecule has 0 aliphatic rings. The normalized spacial score (nSPS) is 12.0. The molecule has 0 aliphatic carbocycles. The minimum atomic E-state index is 0.133. The Kier molecular flexibility index (Phi) is 3.80. The van der Waals surface area contributed by atoms with Crippen LogP contribution in [0.2, 0.25) is 0 Å². The molecule has 6 nitrogen and oxygen atoms in total. The van der Waals surface area contributed by atoms with E-state index in [-0.39, 0.29) is 5.41 Å². The highest BCUT2D eigenvalue weighted by Gasteiger charge is 2.16. The Morgan fingerprint density at radius 3 is 2.60 bits per heavy atom. The van der Waals surface area contributed by atoms with E-state index < -0.39 is 0 Å². The molecule has 0 unspecified atom stereocenters. The first-order chi connectivity index (χ1) is 12.0. The molecule has 128 valence electrons. The van der Waals surface area contributed by atoms with Gasteiger partial charge >= 0.3 is 0 Å². The summed E-state index contributed by atoms with van der Waals surface area (Å²) in [4.78, 5) is 0.716. The highest BCUT2D eigenvalue weighted by atomic mass is 32.1. The molecule has 0 amide bonds. The van der Waals surface area contributed by atoms with Gasteiger partial charge in [0, 0.05) is 0 Å². The monoisotopic (exact) mass is 354 g/mol. The van der Waals surface area contributed by atoms with Crippen molar-refractivity contribution < 1.29 is 9.15 Å². The third-order valence-electron chi connectivity index (χ3n) is 3.86. The molecular formula is C18H18N4O2S. The summed E-state index contributed by atoms with van der Waals surface area (Å²) in [5.41, 5.74) is 1.41. The largest absolute Gasteiger partial charge is 0.486 e. The Morgan fingerprint density at radius 1 is 1.12 bits per heavy atom.